The number of anilines is 1. The second-order valence-corrected chi connectivity index (χ2v) is 7.00. The minimum absolute atomic E-state index is 0.0649. The molecule has 6 heteroatoms. The van der Waals surface area contributed by atoms with Crippen molar-refractivity contribution >= 4 is 23.8 Å². The zero-order valence-electron chi connectivity index (χ0n) is 16.0. The predicted octanol–water partition coefficient (Wildman–Crippen LogP) is 3.76. The maximum atomic E-state index is 11.9. The third-order valence-electron chi connectivity index (χ3n) is 3.84. The molecule has 0 aliphatic carbocycles. The van der Waals surface area contributed by atoms with Gasteiger partial charge in [-0.25, -0.2) is 4.79 Å². The van der Waals surface area contributed by atoms with Gasteiger partial charge in [-0.2, -0.15) is 0 Å². The summed E-state index contributed by atoms with van der Waals surface area (Å²) in [4.78, 5) is 28.3. The van der Waals surface area contributed by atoms with Crippen LogP contribution in [0.5, 0.6) is 0 Å². The molecule has 0 saturated carbocycles. The van der Waals surface area contributed by atoms with Gasteiger partial charge in [0.25, 0.3) is 5.91 Å². The van der Waals surface area contributed by atoms with Crippen molar-refractivity contribution in [2.75, 3.05) is 19.0 Å². The minimum Gasteiger partial charge on any atom is -0.465 e. The summed E-state index contributed by atoms with van der Waals surface area (Å²) < 4.78 is 4.63. The summed E-state index contributed by atoms with van der Waals surface area (Å²) in [6.45, 7) is 6.21. The van der Waals surface area contributed by atoms with Gasteiger partial charge in [-0.1, -0.05) is 50.2 Å². The highest BCUT2D eigenvalue weighted by Gasteiger charge is 2.13. The van der Waals surface area contributed by atoms with Gasteiger partial charge in [0.1, 0.15) is 0 Å². The van der Waals surface area contributed by atoms with Gasteiger partial charge in [-0.05, 0) is 40.8 Å². The lowest BCUT2D eigenvalue weighted by atomic mass is 9.87. The van der Waals surface area contributed by atoms with Crippen LogP contribution in [-0.4, -0.2) is 31.8 Å². The number of benzene rings is 2. The number of carbonyl (C=O) groups excluding carboxylic acids is 2. The Morgan fingerprint density at radius 3 is 2.22 bits per heavy atom. The predicted molar refractivity (Wildman–Crippen MR) is 105 cm³/mol. The van der Waals surface area contributed by atoms with Crippen LogP contribution in [0, 0.1) is 0 Å². The van der Waals surface area contributed by atoms with Crippen LogP contribution in [0.25, 0.3) is 0 Å². The number of nitrogens with one attached hydrogen (secondary N) is 1. The van der Waals surface area contributed by atoms with Crippen molar-refractivity contribution in [3.8, 4) is 0 Å². The number of amides is 1. The van der Waals surface area contributed by atoms with E-state index in [1.807, 2.05) is 24.3 Å². The van der Waals surface area contributed by atoms with Gasteiger partial charge in [0.15, 0.2) is 6.61 Å². The second kappa shape index (κ2) is 8.98. The van der Waals surface area contributed by atoms with Gasteiger partial charge in [-0.3, -0.25) is 4.79 Å². The lowest BCUT2D eigenvalue weighted by Gasteiger charge is -2.19. The van der Waals surface area contributed by atoms with Crippen LogP contribution >= 0.6 is 0 Å². The molecule has 0 aromatic heterocycles. The number of hydrogen-bond donors (Lipinski definition) is 1. The Hall–Kier alpha value is -3.15. The van der Waals surface area contributed by atoms with Gasteiger partial charge in [0, 0.05) is 5.69 Å². The van der Waals surface area contributed by atoms with E-state index < -0.39 is 5.97 Å². The van der Waals surface area contributed by atoms with Crippen molar-refractivity contribution in [2.24, 2.45) is 5.16 Å². The summed E-state index contributed by atoms with van der Waals surface area (Å²) in [5.41, 5.74) is 3.15. The van der Waals surface area contributed by atoms with Crippen molar-refractivity contribution in [3.63, 3.8) is 0 Å². The summed E-state index contributed by atoms with van der Waals surface area (Å²) >= 11 is 0. The summed E-state index contributed by atoms with van der Waals surface area (Å²) in [5.74, 6) is -0.696. The number of nitrogens with zero attached hydrogens (tertiary/aromatic N) is 1. The van der Waals surface area contributed by atoms with Crippen molar-refractivity contribution in [2.45, 2.75) is 26.2 Å². The third kappa shape index (κ3) is 6.26. The van der Waals surface area contributed by atoms with E-state index in [1.165, 1.54) is 18.9 Å². The molecule has 0 atom stereocenters. The molecule has 1 N–H and O–H groups in total. The molecular formula is C21H24N2O4. The number of ether oxygens (including phenoxy) is 1. The molecule has 0 radical (unpaired) electrons. The molecule has 0 aliphatic heterocycles. The molecule has 0 saturated heterocycles. The topological polar surface area (TPSA) is 77.0 Å². The normalized spacial score (nSPS) is 11.3. The largest absolute Gasteiger partial charge is 0.465 e. The average molecular weight is 368 g/mol. The number of hydrogen-bond acceptors (Lipinski definition) is 5. The van der Waals surface area contributed by atoms with E-state index in [1.54, 1.807) is 24.3 Å². The molecule has 0 spiro atoms. The van der Waals surface area contributed by atoms with E-state index in [0.29, 0.717) is 11.3 Å². The number of methoxy groups -OCH3 is 1. The van der Waals surface area contributed by atoms with Crippen LogP contribution in [0.4, 0.5) is 5.69 Å². The van der Waals surface area contributed by atoms with Crippen molar-refractivity contribution in [3.05, 3.63) is 65.2 Å². The maximum absolute atomic E-state index is 11.9. The molecule has 2 aromatic rings. The molecule has 142 valence electrons. The summed E-state index contributed by atoms with van der Waals surface area (Å²) in [6.07, 6.45) is 1.46. The number of carbonyl (C=O) groups is 2. The number of esters is 1. The van der Waals surface area contributed by atoms with E-state index >= 15 is 0 Å². The molecule has 27 heavy (non-hydrogen) atoms. The Bertz CT molecular complexity index is 804. The highest BCUT2D eigenvalue weighted by molar-refractivity contribution is 5.92. The van der Waals surface area contributed by atoms with E-state index in [-0.39, 0.29) is 17.9 Å². The fourth-order valence-corrected chi connectivity index (χ4v) is 2.27. The zero-order chi connectivity index (χ0) is 19.9. The molecule has 0 heterocycles. The van der Waals surface area contributed by atoms with Crippen LogP contribution in [-0.2, 0) is 19.8 Å². The maximum Gasteiger partial charge on any atom is 0.337 e. The molecule has 2 aromatic carbocycles. The van der Waals surface area contributed by atoms with Crippen LogP contribution in [0.2, 0.25) is 0 Å². The Labute approximate surface area is 159 Å². The van der Waals surface area contributed by atoms with E-state index in [9.17, 15) is 9.59 Å². The lowest BCUT2D eigenvalue weighted by molar-refractivity contribution is -0.120. The summed E-state index contributed by atoms with van der Waals surface area (Å²) in [5, 5.41) is 6.52. The van der Waals surface area contributed by atoms with Gasteiger partial charge >= 0.3 is 5.97 Å². The number of oxime groups is 1. The number of rotatable bonds is 6. The monoisotopic (exact) mass is 368 g/mol. The summed E-state index contributed by atoms with van der Waals surface area (Å²) in [7, 11) is 1.33. The Morgan fingerprint density at radius 2 is 1.67 bits per heavy atom. The molecule has 0 bridgehead atoms. The van der Waals surface area contributed by atoms with Crippen molar-refractivity contribution in [1.82, 2.24) is 0 Å². The van der Waals surface area contributed by atoms with Crippen LogP contribution in [0.15, 0.2) is 53.7 Å². The standard InChI is InChI=1S/C21H24N2O4/c1-21(2,3)17-9-11-18(12-10-17)23-19(24)14-27-22-13-15-5-7-16(8-6-15)20(25)26-4/h5-13H,14H2,1-4H3,(H,23,24)/b22-13+. The van der Waals surface area contributed by atoms with E-state index in [0.717, 1.165) is 5.56 Å². The van der Waals surface area contributed by atoms with E-state index in [2.05, 4.69) is 36.0 Å². The van der Waals surface area contributed by atoms with Crippen LogP contribution in [0.3, 0.4) is 0 Å². The van der Waals surface area contributed by atoms with Crippen molar-refractivity contribution < 1.29 is 19.2 Å². The SMILES string of the molecule is COC(=O)c1ccc(/C=N/OCC(=O)Nc2ccc(C(C)(C)C)cc2)cc1. The summed E-state index contributed by atoms with van der Waals surface area (Å²) in [6, 6.07) is 14.4. The second-order valence-electron chi connectivity index (χ2n) is 7.00. The zero-order valence-corrected chi connectivity index (χ0v) is 16.0. The third-order valence-corrected chi connectivity index (χ3v) is 3.84. The smallest absolute Gasteiger partial charge is 0.337 e. The molecule has 6 nitrogen and oxygen atoms in total. The van der Waals surface area contributed by atoms with Crippen LogP contribution in [0.1, 0.15) is 42.3 Å². The first-order valence-corrected chi connectivity index (χ1v) is 8.54. The first-order valence-electron chi connectivity index (χ1n) is 8.54. The lowest BCUT2D eigenvalue weighted by Crippen LogP contribution is -2.17. The molecular weight excluding hydrogens is 344 g/mol. The molecule has 0 unspecified atom stereocenters. The fraction of sp³-hybridized carbons (Fsp3) is 0.286. The molecule has 0 aliphatic rings. The molecule has 0 fully saturated rings. The fourth-order valence-electron chi connectivity index (χ4n) is 2.27. The van der Waals surface area contributed by atoms with E-state index in [4.69, 9.17) is 4.84 Å². The molecule has 2 rings (SSSR count). The first-order chi connectivity index (χ1) is 12.8. The van der Waals surface area contributed by atoms with Gasteiger partial charge in [-0.15, -0.1) is 0 Å². The van der Waals surface area contributed by atoms with Gasteiger partial charge < -0.3 is 14.9 Å². The Morgan fingerprint density at radius 1 is 1.04 bits per heavy atom. The van der Waals surface area contributed by atoms with Crippen molar-refractivity contribution in [1.29, 1.82) is 0 Å². The Kier molecular flexibility index (Phi) is 6.71. The van der Waals surface area contributed by atoms with Gasteiger partial charge in [0.05, 0.1) is 18.9 Å². The first kappa shape index (κ1) is 20.2. The molecule has 1 amide bonds. The Balaban J connectivity index is 1.80. The highest BCUT2D eigenvalue weighted by atomic mass is 16.6. The highest BCUT2D eigenvalue weighted by Crippen LogP contribution is 2.23. The van der Waals surface area contributed by atoms with Gasteiger partial charge in [0.2, 0.25) is 0 Å². The minimum atomic E-state index is -0.401. The van der Waals surface area contributed by atoms with Crippen LogP contribution < -0.4 is 5.32 Å². The average Bonchev–Trinajstić information content (AvgIpc) is 2.65. The quantitative estimate of drug-likeness (QED) is 0.478.